The van der Waals surface area contributed by atoms with E-state index in [1.165, 1.54) is 18.0 Å². The van der Waals surface area contributed by atoms with Crippen molar-refractivity contribution in [1.29, 1.82) is 0 Å². The van der Waals surface area contributed by atoms with Crippen molar-refractivity contribution < 1.29 is 19.4 Å². The van der Waals surface area contributed by atoms with Gasteiger partial charge in [0.05, 0.1) is 7.11 Å². The van der Waals surface area contributed by atoms with Crippen molar-refractivity contribution in [2.75, 3.05) is 13.4 Å². The second-order valence-corrected chi connectivity index (χ2v) is 4.43. The van der Waals surface area contributed by atoms with Crippen LogP contribution < -0.4 is 9.47 Å². The van der Waals surface area contributed by atoms with Gasteiger partial charge >= 0.3 is 5.97 Å². The Kier molecular flexibility index (Phi) is 4.41. The fourth-order valence-corrected chi connectivity index (χ4v) is 1.76. The maximum absolute atomic E-state index is 11.1. The number of aromatic nitrogens is 2. The zero-order valence-corrected chi connectivity index (χ0v) is 11.7. The third-order valence-corrected chi connectivity index (χ3v) is 2.98. The molecule has 1 aromatic carbocycles. The monoisotopic (exact) mass is 292 g/mol. The van der Waals surface area contributed by atoms with Gasteiger partial charge in [0, 0.05) is 6.20 Å². The molecule has 20 heavy (non-hydrogen) atoms. The van der Waals surface area contributed by atoms with Crippen molar-refractivity contribution in [2.24, 2.45) is 0 Å². The van der Waals surface area contributed by atoms with E-state index in [1.54, 1.807) is 37.6 Å². The molecule has 0 saturated carbocycles. The molecule has 0 atom stereocenters. The van der Waals surface area contributed by atoms with Crippen LogP contribution in [0.3, 0.4) is 0 Å². The highest BCUT2D eigenvalue weighted by atomic mass is 32.2. The molecular weight excluding hydrogens is 280 g/mol. The molecule has 0 amide bonds. The van der Waals surface area contributed by atoms with E-state index in [-0.39, 0.29) is 11.4 Å². The molecule has 6 nitrogen and oxygen atoms in total. The van der Waals surface area contributed by atoms with E-state index in [2.05, 4.69) is 9.97 Å². The lowest BCUT2D eigenvalue weighted by Gasteiger charge is -2.08. The average Bonchev–Trinajstić information content (AvgIpc) is 2.47. The number of hydrogen-bond donors (Lipinski definition) is 1. The second-order valence-electron chi connectivity index (χ2n) is 3.66. The van der Waals surface area contributed by atoms with Gasteiger partial charge in [0.25, 0.3) is 0 Å². The summed E-state index contributed by atoms with van der Waals surface area (Å²) >= 11 is 1.30. The SMILES string of the molecule is COc1ccc(Oc2nc(SC)ncc2C(=O)O)cc1. The third-order valence-electron chi connectivity index (χ3n) is 2.42. The maximum atomic E-state index is 11.1. The zero-order valence-electron chi connectivity index (χ0n) is 10.9. The van der Waals surface area contributed by atoms with Gasteiger partial charge in [-0.3, -0.25) is 0 Å². The Balaban J connectivity index is 2.32. The number of thioether (sulfide) groups is 1. The first-order chi connectivity index (χ1) is 9.63. The van der Waals surface area contributed by atoms with Gasteiger partial charge < -0.3 is 14.6 Å². The van der Waals surface area contributed by atoms with Crippen molar-refractivity contribution in [3.8, 4) is 17.4 Å². The van der Waals surface area contributed by atoms with Crippen molar-refractivity contribution in [3.05, 3.63) is 36.0 Å². The number of carbonyl (C=O) groups is 1. The minimum absolute atomic E-state index is 0.0158. The molecule has 0 saturated heterocycles. The van der Waals surface area contributed by atoms with Gasteiger partial charge in [-0.25, -0.2) is 9.78 Å². The Bertz CT molecular complexity index is 616. The highest BCUT2D eigenvalue weighted by Gasteiger charge is 2.15. The van der Waals surface area contributed by atoms with Gasteiger partial charge in [-0.2, -0.15) is 4.98 Å². The maximum Gasteiger partial charge on any atom is 0.342 e. The predicted octanol–water partition coefficient (Wildman–Crippen LogP) is 2.70. The van der Waals surface area contributed by atoms with Crippen molar-refractivity contribution in [3.63, 3.8) is 0 Å². The molecule has 0 aliphatic rings. The van der Waals surface area contributed by atoms with Gasteiger partial charge in [0.15, 0.2) is 5.16 Å². The van der Waals surface area contributed by atoms with Gasteiger partial charge in [-0.1, -0.05) is 11.8 Å². The highest BCUT2D eigenvalue weighted by molar-refractivity contribution is 7.98. The largest absolute Gasteiger partial charge is 0.497 e. The fraction of sp³-hybridized carbons (Fsp3) is 0.154. The molecule has 1 aromatic heterocycles. The first-order valence-electron chi connectivity index (χ1n) is 5.60. The Morgan fingerprint density at radius 1 is 1.25 bits per heavy atom. The molecular formula is C13H12N2O4S. The van der Waals surface area contributed by atoms with Gasteiger partial charge in [-0.15, -0.1) is 0 Å². The van der Waals surface area contributed by atoms with Crippen LogP contribution in [0.2, 0.25) is 0 Å². The number of aromatic carboxylic acids is 1. The number of carboxylic acids is 1. The molecule has 1 N–H and O–H groups in total. The van der Waals surface area contributed by atoms with E-state index in [9.17, 15) is 4.79 Å². The molecule has 0 fully saturated rings. The van der Waals surface area contributed by atoms with Gasteiger partial charge in [-0.05, 0) is 30.5 Å². The molecule has 2 rings (SSSR count). The summed E-state index contributed by atoms with van der Waals surface area (Å²) in [6.45, 7) is 0. The summed E-state index contributed by atoms with van der Waals surface area (Å²) in [5.74, 6) is 0.0329. The summed E-state index contributed by atoms with van der Waals surface area (Å²) in [5.41, 5.74) is -0.0846. The molecule has 0 spiro atoms. The number of hydrogen-bond acceptors (Lipinski definition) is 6. The Morgan fingerprint density at radius 3 is 2.45 bits per heavy atom. The van der Waals surface area contributed by atoms with E-state index in [4.69, 9.17) is 14.6 Å². The molecule has 1 heterocycles. The number of nitrogens with zero attached hydrogens (tertiary/aromatic N) is 2. The van der Waals surface area contributed by atoms with Crippen LogP contribution in [0.25, 0.3) is 0 Å². The van der Waals surface area contributed by atoms with E-state index in [0.717, 1.165) is 0 Å². The third kappa shape index (κ3) is 3.18. The molecule has 0 bridgehead atoms. The first kappa shape index (κ1) is 14.1. The van der Waals surface area contributed by atoms with Crippen LogP contribution >= 0.6 is 11.8 Å². The Morgan fingerprint density at radius 2 is 1.90 bits per heavy atom. The molecule has 0 aliphatic heterocycles. The Labute approximate surface area is 119 Å². The van der Waals surface area contributed by atoms with Crippen LogP contribution in [0, 0.1) is 0 Å². The summed E-state index contributed by atoms with van der Waals surface area (Å²) in [6.07, 6.45) is 3.03. The van der Waals surface area contributed by atoms with Crippen molar-refractivity contribution >= 4 is 17.7 Å². The average molecular weight is 292 g/mol. The van der Waals surface area contributed by atoms with Crippen LogP contribution in [0.1, 0.15) is 10.4 Å². The smallest absolute Gasteiger partial charge is 0.342 e. The molecule has 7 heteroatoms. The molecule has 2 aromatic rings. The van der Waals surface area contributed by atoms with E-state index < -0.39 is 5.97 Å². The normalized spacial score (nSPS) is 10.1. The number of benzene rings is 1. The lowest BCUT2D eigenvalue weighted by Crippen LogP contribution is -2.04. The van der Waals surface area contributed by atoms with E-state index >= 15 is 0 Å². The number of ether oxygens (including phenoxy) is 2. The van der Waals surface area contributed by atoms with Crippen molar-refractivity contribution in [2.45, 2.75) is 5.16 Å². The minimum atomic E-state index is -1.14. The Hall–Kier alpha value is -2.28. The number of rotatable bonds is 5. The quantitative estimate of drug-likeness (QED) is 0.670. The summed E-state index contributed by atoms with van der Waals surface area (Å²) in [6, 6.07) is 6.77. The summed E-state index contributed by atoms with van der Waals surface area (Å²) in [5, 5.41) is 9.55. The topological polar surface area (TPSA) is 81.5 Å². The minimum Gasteiger partial charge on any atom is -0.497 e. The highest BCUT2D eigenvalue weighted by Crippen LogP contribution is 2.26. The molecule has 0 aliphatic carbocycles. The van der Waals surface area contributed by atoms with Crippen LogP contribution in [0.5, 0.6) is 17.4 Å². The predicted molar refractivity (Wildman–Crippen MR) is 73.8 cm³/mol. The lowest BCUT2D eigenvalue weighted by molar-refractivity contribution is 0.0692. The molecule has 0 unspecified atom stereocenters. The molecule has 104 valence electrons. The lowest BCUT2D eigenvalue weighted by atomic mass is 10.3. The second kappa shape index (κ2) is 6.25. The first-order valence-corrected chi connectivity index (χ1v) is 6.82. The number of carboxylic acid groups (broad SMARTS) is 1. The van der Waals surface area contributed by atoms with E-state index in [0.29, 0.717) is 16.7 Å². The summed E-state index contributed by atoms with van der Waals surface area (Å²) in [4.78, 5) is 19.1. The van der Waals surface area contributed by atoms with E-state index in [1.807, 2.05) is 0 Å². The number of methoxy groups -OCH3 is 1. The van der Waals surface area contributed by atoms with Crippen LogP contribution in [0.15, 0.2) is 35.6 Å². The summed E-state index contributed by atoms with van der Waals surface area (Å²) in [7, 11) is 1.56. The van der Waals surface area contributed by atoms with Crippen LogP contribution in [0.4, 0.5) is 0 Å². The summed E-state index contributed by atoms with van der Waals surface area (Å²) < 4.78 is 10.6. The van der Waals surface area contributed by atoms with Gasteiger partial charge in [0.2, 0.25) is 5.88 Å². The fourth-order valence-electron chi connectivity index (χ4n) is 1.43. The standard InChI is InChI=1S/C13H12N2O4S/c1-18-8-3-5-9(6-4-8)19-11-10(12(16)17)7-14-13(15-11)20-2/h3-7H,1-2H3,(H,16,17). The van der Waals surface area contributed by atoms with Crippen LogP contribution in [-0.2, 0) is 0 Å². The van der Waals surface area contributed by atoms with Gasteiger partial charge in [0.1, 0.15) is 17.1 Å². The zero-order chi connectivity index (χ0) is 14.5. The van der Waals surface area contributed by atoms with Crippen LogP contribution in [-0.4, -0.2) is 34.4 Å². The van der Waals surface area contributed by atoms with Crippen molar-refractivity contribution in [1.82, 2.24) is 9.97 Å². The molecule has 0 radical (unpaired) electrons.